The van der Waals surface area contributed by atoms with Crippen molar-refractivity contribution >= 4 is 33.2 Å². The number of sulfonamides is 1. The van der Waals surface area contributed by atoms with Gasteiger partial charge in [-0.1, -0.05) is 29.8 Å². The van der Waals surface area contributed by atoms with E-state index >= 15 is 0 Å². The standard InChI is InChI=1S/C19H20ClN3O4S/c1-14(15-5-7-17(20)8-6-15)21-22-19(24)16-3-2-4-18(13-16)28(25,26)23-9-11-27-12-10-23/h2-8,13H,9-12H2,1H3,(H,22,24)/b21-14+. The van der Waals surface area contributed by atoms with Crippen LogP contribution in [-0.2, 0) is 14.8 Å². The van der Waals surface area contributed by atoms with E-state index in [1.54, 1.807) is 37.3 Å². The van der Waals surface area contributed by atoms with Crippen LogP contribution in [-0.4, -0.2) is 50.6 Å². The molecule has 0 atom stereocenters. The summed E-state index contributed by atoms with van der Waals surface area (Å²) in [7, 11) is -3.67. The minimum atomic E-state index is -3.67. The van der Waals surface area contributed by atoms with E-state index in [1.807, 2.05) is 0 Å². The van der Waals surface area contributed by atoms with Crippen LogP contribution in [0.4, 0.5) is 0 Å². The highest BCUT2D eigenvalue weighted by molar-refractivity contribution is 7.89. The minimum absolute atomic E-state index is 0.0699. The van der Waals surface area contributed by atoms with Crippen molar-refractivity contribution in [3.63, 3.8) is 0 Å². The molecule has 1 aliphatic rings. The molecule has 3 rings (SSSR count). The van der Waals surface area contributed by atoms with Crippen LogP contribution in [0.3, 0.4) is 0 Å². The van der Waals surface area contributed by atoms with Crippen LogP contribution in [0.25, 0.3) is 0 Å². The highest BCUT2D eigenvalue weighted by Crippen LogP contribution is 2.18. The van der Waals surface area contributed by atoms with Crippen LogP contribution in [0.2, 0.25) is 5.02 Å². The third-order valence-electron chi connectivity index (χ3n) is 4.29. The average molecular weight is 422 g/mol. The number of carbonyl (C=O) groups is 1. The molecule has 1 saturated heterocycles. The maximum Gasteiger partial charge on any atom is 0.271 e. The number of benzene rings is 2. The zero-order chi connectivity index (χ0) is 20.1. The van der Waals surface area contributed by atoms with Gasteiger partial charge >= 0.3 is 0 Å². The van der Waals surface area contributed by atoms with Gasteiger partial charge in [-0.3, -0.25) is 4.79 Å². The molecule has 0 radical (unpaired) electrons. The molecule has 1 fully saturated rings. The molecule has 9 heteroatoms. The lowest BCUT2D eigenvalue weighted by Crippen LogP contribution is -2.40. The summed E-state index contributed by atoms with van der Waals surface area (Å²) in [6.45, 7) is 3.06. The molecule has 0 aliphatic carbocycles. The Balaban J connectivity index is 1.75. The second-order valence-corrected chi connectivity index (χ2v) is 8.56. The average Bonchev–Trinajstić information content (AvgIpc) is 2.73. The molecule has 0 saturated carbocycles. The lowest BCUT2D eigenvalue weighted by molar-refractivity contribution is 0.0730. The molecule has 1 heterocycles. The topological polar surface area (TPSA) is 88.1 Å². The summed E-state index contributed by atoms with van der Waals surface area (Å²) in [6, 6.07) is 13.0. The van der Waals surface area contributed by atoms with Crippen molar-refractivity contribution in [1.29, 1.82) is 0 Å². The van der Waals surface area contributed by atoms with Gasteiger partial charge in [0.05, 0.1) is 23.8 Å². The van der Waals surface area contributed by atoms with Gasteiger partial charge in [-0.2, -0.15) is 9.41 Å². The molecule has 28 heavy (non-hydrogen) atoms. The SMILES string of the molecule is C/C(=N\NC(=O)c1cccc(S(=O)(=O)N2CCOCC2)c1)c1ccc(Cl)cc1. The first-order valence-corrected chi connectivity index (χ1v) is 10.5. The predicted octanol–water partition coefficient (Wildman–Crippen LogP) is 2.51. The largest absolute Gasteiger partial charge is 0.379 e. The van der Waals surface area contributed by atoms with Gasteiger partial charge in [0, 0.05) is 23.7 Å². The smallest absolute Gasteiger partial charge is 0.271 e. The molecule has 7 nitrogen and oxygen atoms in total. The van der Waals surface area contributed by atoms with E-state index < -0.39 is 15.9 Å². The summed E-state index contributed by atoms with van der Waals surface area (Å²) in [6.07, 6.45) is 0. The summed E-state index contributed by atoms with van der Waals surface area (Å²) in [5, 5.41) is 4.69. The Kier molecular flexibility index (Phi) is 6.46. The number of hydrogen-bond donors (Lipinski definition) is 1. The number of amides is 1. The highest BCUT2D eigenvalue weighted by atomic mass is 35.5. The van der Waals surface area contributed by atoms with E-state index in [0.717, 1.165) is 5.56 Å². The molecular formula is C19H20ClN3O4S. The first-order chi connectivity index (χ1) is 13.4. The number of carbonyl (C=O) groups excluding carboxylic acids is 1. The van der Waals surface area contributed by atoms with Gasteiger partial charge in [0.15, 0.2) is 0 Å². The fourth-order valence-corrected chi connectivity index (χ4v) is 4.27. The molecule has 0 spiro atoms. The van der Waals surface area contributed by atoms with E-state index in [0.29, 0.717) is 37.0 Å². The number of ether oxygens (including phenoxy) is 1. The third kappa shape index (κ3) is 4.77. The van der Waals surface area contributed by atoms with Gasteiger partial charge in [0.2, 0.25) is 10.0 Å². The van der Waals surface area contributed by atoms with Gasteiger partial charge in [-0.05, 0) is 42.8 Å². The lowest BCUT2D eigenvalue weighted by atomic mass is 10.1. The second kappa shape index (κ2) is 8.83. The Hall–Kier alpha value is -2.26. The summed E-state index contributed by atoms with van der Waals surface area (Å²) >= 11 is 5.86. The lowest BCUT2D eigenvalue weighted by Gasteiger charge is -2.26. The van der Waals surface area contributed by atoms with Gasteiger partial charge in [-0.25, -0.2) is 13.8 Å². The number of nitrogens with zero attached hydrogens (tertiary/aromatic N) is 2. The fourth-order valence-electron chi connectivity index (χ4n) is 2.69. The summed E-state index contributed by atoms with van der Waals surface area (Å²) in [5.74, 6) is -0.493. The van der Waals surface area contributed by atoms with Gasteiger partial charge < -0.3 is 4.74 Å². The number of hydrogen-bond acceptors (Lipinski definition) is 5. The number of halogens is 1. The van der Waals surface area contributed by atoms with Crippen molar-refractivity contribution in [1.82, 2.24) is 9.73 Å². The van der Waals surface area contributed by atoms with Crippen molar-refractivity contribution < 1.29 is 17.9 Å². The van der Waals surface area contributed by atoms with Crippen molar-refractivity contribution in [3.8, 4) is 0 Å². The number of nitrogens with one attached hydrogen (secondary N) is 1. The monoisotopic (exact) mass is 421 g/mol. The molecule has 148 valence electrons. The zero-order valence-electron chi connectivity index (χ0n) is 15.3. The van der Waals surface area contributed by atoms with E-state index in [-0.39, 0.29) is 10.5 Å². The molecule has 2 aromatic carbocycles. The van der Waals surface area contributed by atoms with Gasteiger partial charge in [0.1, 0.15) is 0 Å². The quantitative estimate of drug-likeness (QED) is 0.593. The van der Waals surface area contributed by atoms with Gasteiger partial charge in [0.25, 0.3) is 5.91 Å². The van der Waals surface area contributed by atoms with Crippen LogP contribution in [0.15, 0.2) is 58.5 Å². The van der Waals surface area contributed by atoms with Crippen LogP contribution in [0.1, 0.15) is 22.8 Å². The van der Waals surface area contributed by atoms with Crippen LogP contribution >= 0.6 is 11.6 Å². The van der Waals surface area contributed by atoms with Gasteiger partial charge in [-0.15, -0.1) is 0 Å². The molecule has 0 aromatic heterocycles. The maximum absolute atomic E-state index is 12.7. The fraction of sp³-hybridized carbons (Fsp3) is 0.263. The van der Waals surface area contributed by atoms with Crippen molar-refractivity contribution in [2.75, 3.05) is 26.3 Å². The molecule has 0 unspecified atom stereocenters. The Bertz CT molecular complexity index is 984. The Morgan fingerprint density at radius 2 is 1.79 bits per heavy atom. The van der Waals surface area contributed by atoms with Crippen molar-refractivity contribution in [2.45, 2.75) is 11.8 Å². The molecule has 2 aromatic rings. The van der Waals surface area contributed by atoms with E-state index in [4.69, 9.17) is 16.3 Å². The zero-order valence-corrected chi connectivity index (χ0v) is 16.8. The molecule has 0 bridgehead atoms. The first-order valence-electron chi connectivity index (χ1n) is 8.66. The number of hydrazone groups is 1. The van der Waals surface area contributed by atoms with E-state index in [2.05, 4.69) is 10.5 Å². The van der Waals surface area contributed by atoms with Crippen LogP contribution in [0, 0.1) is 0 Å². The summed E-state index contributed by atoms with van der Waals surface area (Å²) < 4.78 is 32.0. The summed E-state index contributed by atoms with van der Waals surface area (Å²) in [4.78, 5) is 12.5. The maximum atomic E-state index is 12.7. The van der Waals surface area contributed by atoms with Crippen molar-refractivity contribution in [2.24, 2.45) is 5.10 Å². The van der Waals surface area contributed by atoms with E-state index in [1.165, 1.54) is 22.5 Å². The minimum Gasteiger partial charge on any atom is -0.379 e. The highest BCUT2D eigenvalue weighted by Gasteiger charge is 2.26. The number of rotatable bonds is 5. The Labute approximate surface area is 169 Å². The summed E-state index contributed by atoms with van der Waals surface area (Å²) in [5.41, 5.74) is 4.08. The molecular weight excluding hydrogens is 402 g/mol. The van der Waals surface area contributed by atoms with Crippen LogP contribution < -0.4 is 5.43 Å². The predicted molar refractivity (Wildman–Crippen MR) is 107 cm³/mol. The van der Waals surface area contributed by atoms with Crippen LogP contribution in [0.5, 0.6) is 0 Å². The molecule has 1 aliphatic heterocycles. The van der Waals surface area contributed by atoms with E-state index in [9.17, 15) is 13.2 Å². The first kappa shape index (κ1) is 20.5. The second-order valence-electron chi connectivity index (χ2n) is 6.19. The number of morpholine rings is 1. The van der Waals surface area contributed by atoms with Crippen molar-refractivity contribution in [3.05, 3.63) is 64.7 Å². The molecule has 1 N–H and O–H groups in total. The normalized spacial score (nSPS) is 16.0. The third-order valence-corrected chi connectivity index (χ3v) is 6.44. The Morgan fingerprint density at radius 3 is 2.46 bits per heavy atom. The molecule has 1 amide bonds. The Morgan fingerprint density at radius 1 is 1.11 bits per heavy atom.